The third-order valence-corrected chi connectivity index (χ3v) is 4.75. The lowest BCUT2D eigenvalue weighted by atomic mass is 10.1. The van der Waals surface area contributed by atoms with Gasteiger partial charge < -0.3 is 15.0 Å². The third kappa shape index (κ3) is 5.22. The molecule has 7 heteroatoms. The molecule has 1 aliphatic heterocycles. The monoisotopic (exact) mass is 383 g/mol. The number of amides is 1. The minimum atomic E-state index is -0.468. The Morgan fingerprint density at radius 1 is 1.11 bits per heavy atom. The van der Waals surface area contributed by atoms with Crippen LogP contribution in [0.25, 0.3) is 0 Å². The number of carbonyl (C=O) groups excluding carboxylic acids is 1. The Balaban J connectivity index is 1.60. The van der Waals surface area contributed by atoms with Gasteiger partial charge in [0, 0.05) is 31.8 Å². The van der Waals surface area contributed by atoms with Crippen LogP contribution in [-0.2, 0) is 0 Å². The fourth-order valence-corrected chi connectivity index (χ4v) is 3.31. The molecule has 0 saturated carbocycles. The van der Waals surface area contributed by atoms with Crippen LogP contribution in [-0.4, -0.2) is 37.1 Å². The number of hydrogen-bond donors (Lipinski definition) is 1. The summed E-state index contributed by atoms with van der Waals surface area (Å²) in [6.07, 6.45) is 3.95. The van der Waals surface area contributed by atoms with E-state index in [0.29, 0.717) is 25.1 Å². The summed E-state index contributed by atoms with van der Waals surface area (Å²) in [5.41, 5.74) is 1.06. The maximum atomic E-state index is 12.7. The number of nitrogens with zero attached hydrogens (tertiary/aromatic N) is 2. The summed E-state index contributed by atoms with van der Waals surface area (Å²) in [5, 5.41) is 14.0. The average Bonchev–Trinajstić information content (AvgIpc) is 2.74. The van der Waals surface area contributed by atoms with Crippen LogP contribution in [0.3, 0.4) is 0 Å². The second-order valence-electron chi connectivity index (χ2n) is 6.78. The van der Waals surface area contributed by atoms with Crippen LogP contribution in [0.15, 0.2) is 48.5 Å². The maximum Gasteiger partial charge on any atom is 0.270 e. The van der Waals surface area contributed by atoms with Crippen molar-refractivity contribution in [3.05, 3.63) is 64.2 Å². The van der Waals surface area contributed by atoms with Crippen molar-refractivity contribution in [3.63, 3.8) is 0 Å². The number of rotatable bonds is 8. The first-order valence-corrected chi connectivity index (χ1v) is 9.64. The third-order valence-electron chi connectivity index (χ3n) is 4.75. The molecule has 3 rings (SSSR count). The Kier molecular flexibility index (Phi) is 6.84. The van der Waals surface area contributed by atoms with Gasteiger partial charge in [-0.1, -0.05) is 18.2 Å². The van der Waals surface area contributed by atoms with Gasteiger partial charge in [-0.15, -0.1) is 0 Å². The summed E-state index contributed by atoms with van der Waals surface area (Å²) in [7, 11) is 0. The molecule has 1 heterocycles. The highest BCUT2D eigenvalue weighted by Crippen LogP contribution is 2.28. The highest BCUT2D eigenvalue weighted by molar-refractivity contribution is 6.00. The lowest BCUT2D eigenvalue weighted by molar-refractivity contribution is -0.384. The number of anilines is 1. The van der Waals surface area contributed by atoms with Gasteiger partial charge in [-0.25, -0.2) is 0 Å². The number of benzene rings is 2. The van der Waals surface area contributed by atoms with Crippen LogP contribution in [0.1, 0.15) is 36.0 Å². The van der Waals surface area contributed by atoms with Crippen molar-refractivity contribution in [2.24, 2.45) is 0 Å². The normalized spacial score (nSPS) is 13.8. The van der Waals surface area contributed by atoms with E-state index in [0.717, 1.165) is 37.4 Å². The number of ether oxygens (including phenoxy) is 1. The van der Waals surface area contributed by atoms with Gasteiger partial charge in [-0.3, -0.25) is 14.9 Å². The number of non-ortho nitro benzene ring substituents is 1. The second kappa shape index (κ2) is 9.73. The summed E-state index contributed by atoms with van der Waals surface area (Å²) >= 11 is 0. The van der Waals surface area contributed by atoms with E-state index in [1.54, 1.807) is 6.07 Å². The van der Waals surface area contributed by atoms with Gasteiger partial charge in [0.25, 0.3) is 11.6 Å². The van der Waals surface area contributed by atoms with Gasteiger partial charge in [0.2, 0.25) is 0 Å². The first-order valence-electron chi connectivity index (χ1n) is 9.64. The Labute approximate surface area is 164 Å². The molecule has 1 fully saturated rings. The van der Waals surface area contributed by atoms with E-state index < -0.39 is 4.92 Å². The molecule has 7 nitrogen and oxygen atoms in total. The summed E-state index contributed by atoms with van der Waals surface area (Å²) in [6.45, 7) is 2.65. The van der Waals surface area contributed by atoms with Gasteiger partial charge in [-0.05, 0) is 43.9 Å². The van der Waals surface area contributed by atoms with Crippen LogP contribution in [0.2, 0.25) is 0 Å². The molecule has 0 unspecified atom stereocenters. The first kappa shape index (κ1) is 19.7. The zero-order valence-electron chi connectivity index (χ0n) is 15.8. The minimum Gasteiger partial charge on any atom is -0.494 e. The number of nitro groups is 1. The summed E-state index contributed by atoms with van der Waals surface area (Å²) in [6, 6.07) is 14.0. The molecule has 0 spiro atoms. The van der Waals surface area contributed by atoms with Gasteiger partial charge in [-0.2, -0.15) is 0 Å². The Bertz CT molecular complexity index is 805. The number of para-hydroxylation sites is 1. The summed E-state index contributed by atoms with van der Waals surface area (Å²) in [4.78, 5) is 25.5. The quantitative estimate of drug-likeness (QED) is 0.426. The average molecular weight is 383 g/mol. The predicted molar refractivity (Wildman–Crippen MR) is 108 cm³/mol. The minimum absolute atomic E-state index is 0.0710. The van der Waals surface area contributed by atoms with Gasteiger partial charge in [0.1, 0.15) is 5.75 Å². The number of carbonyl (C=O) groups is 1. The van der Waals surface area contributed by atoms with E-state index >= 15 is 0 Å². The molecular formula is C21H25N3O4. The van der Waals surface area contributed by atoms with Crippen molar-refractivity contribution in [2.45, 2.75) is 25.7 Å². The molecule has 0 atom stereocenters. The van der Waals surface area contributed by atoms with Crippen molar-refractivity contribution in [3.8, 4) is 5.75 Å². The van der Waals surface area contributed by atoms with Crippen LogP contribution in [0, 0.1) is 10.1 Å². The lowest BCUT2D eigenvalue weighted by Crippen LogP contribution is -2.33. The summed E-state index contributed by atoms with van der Waals surface area (Å²) < 4.78 is 5.61. The van der Waals surface area contributed by atoms with Gasteiger partial charge in [0.15, 0.2) is 0 Å². The van der Waals surface area contributed by atoms with Crippen LogP contribution < -0.4 is 15.0 Å². The highest BCUT2D eigenvalue weighted by Gasteiger charge is 2.21. The van der Waals surface area contributed by atoms with Crippen molar-refractivity contribution in [1.29, 1.82) is 0 Å². The highest BCUT2D eigenvalue weighted by atomic mass is 16.6. The smallest absolute Gasteiger partial charge is 0.270 e. The molecule has 0 radical (unpaired) electrons. The van der Waals surface area contributed by atoms with Gasteiger partial charge >= 0.3 is 0 Å². The molecule has 0 bridgehead atoms. The zero-order valence-corrected chi connectivity index (χ0v) is 15.8. The molecule has 148 valence electrons. The Morgan fingerprint density at radius 3 is 2.57 bits per heavy atom. The van der Waals surface area contributed by atoms with E-state index in [-0.39, 0.29) is 11.6 Å². The fraction of sp³-hybridized carbons (Fsp3) is 0.381. The molecule has 1 amide bonds. The molecule has 28 heavy (non-hydrogen) atoms. The van der Waals surface area contributed by atoms with E-state index in [4.69, 9.17) is 4.74 Å². The number of piperidine rings is 1. The molecule has 1 saturated heterocycles. The molecule has 1 aliphatic rings. The fourth-order valence-electron chi connectivity index (χ4n) is 3.31. The SMILES string of the molecule is O=C(NCCCOc1ccccc1)c1cc([N+](=O)[O-])ccc1N1CCCCC1. The molecule has 0 aromatic heterocycles. The molecule has 2 aromatic rings. The topological polar surface area (TPSA) is 84.7 Å². The van der Waals surface area contributed by atoms with E-state index in [1.807, 2.05) is 30.3 Å². The number of nitro benzene ring substituents is 1. The molecule has 1 N–H and O–H groups in total. The first-order chi connectivity index (χ1) is 13.6. The molecular weight excluding hydrogens is 358 g/mol. The van der Waals surface area contributed by atoms with Crippen LogP contribution >= 0.6 is 0 Å². The maximum absolute atomic E-state index is 12.7. The van der Waals surface area contributed by atoms with Crippen molar-refractivity contribution in [2.75, 3.05) is 31.1 Å². The van der Waals surface area contributed by atoms with E-state index in [1.165, 1.54) is 18.6 Å². The van der Waals surface area contributed by atoms with Crippen molar-refractivity contribution < 1.29 is 14.5 Å². The van der Waals surface area contributed by atoms with Crippen LogP contribution in [0.4, 0.5) is 11.4 Å². The lowest BCUT2D eigenvalue weighted by Gasteiger charge is -2.30. The van der Waals surface area contributed by atoms with Crippen molar-refractivity contribution in [1.82, 2.24) is 5.32 Å². The predicted octanol–water partition coefficient (Wildman–Crippen LogP) is 3.78. The second-order valence-corrected chi connectivity index (χ2v) is 6.78. The molecule has 0 aliphatic carbocycles. The van der Waals surface area contributed by atoms with E-state index in [9.17, 15) is 14.9 Å². The standard InChI is InChI=1S/C21H25N3O4/c25-21(22-12-7-15-28-18-8-3-1-4-9-18)19-16-17(24(26)27)10-11-20(19)23-13-5-2-6-14-23/h1,3-4,8-11,16H,2,5-7,12-15H2,(H,22,25). The largest absolute Gasteiger partial charge is 0.494 e. The number of hydrogen-bond acceptors (Lipinski definition) is 5. The Morgan fingerprint density at radius 2 is 1.86 bits per heavy atom. The van der Waals surface area contributed by atoms with Crippen molar-refractivity contribution >= 4 is 17.3 Å². The Hall–Kier alpha value is -3.09. The van der Waals surface area contributed by atoms with E-state index in [2.05, 4.69) is 10.2 Å². The van der Waals surface area contributed by atoms with Gasteiger partial charge in [0.05, 0.1) is 22.8 Å². The zero-order chi connectivity index (χ0) is 19.8. The molecule has 2 aromatic carbocycles. The number of nitrogens with one attached hydrogen (secondary N) is 1. The van der Waals surface area contributed by atoms with Crippen LogP contribution in [0.5, 0.6) is 5.75 Å². The summed E-state index contributed by atoms with van der Waals surface area (Å²) in [5.74, 6) is 0.504.